The van der Waals surface area contributed by atoms with E-state index < -0.39 is 18.1 Å². The number of benzene rings is 2. The van der Waals surface area contributed by atoms with E-state index in [0.29, 0.717) is 5.56 Å². The second-order valence-electron chi connectivity index (χ2n) is 4.04. The third-order valence-electron chi connectivity index (χ3n) is 2.62. The molecule has 2 aromatic rings. The second-order valence-corrected chi connectivity index (χ2v) is 4.45. The van der Waals surface area contributed by atoms with E-state index in [0.717, 1.165) is 12.1 Å². The van der Waals surface area contributed by atoms with E-state index in [2.05, 4.69) is 4.74 Å². The highest BCUT2D eigenvalue weighted by atomic mass is 35.5. The first kappa shape index (κ1) is 15.2. The van der Waals surface area contributed by atoms with Gasteiger partial charge in [-0.3, -0.25) is 0 Å². The van der Waals surface area contributed by atoms with Crippen molar-refractivity contribution in [2.45, 2.75) is 6.36 Å². The Balaban J connectivity index is 2.42. The first-order valence-electron chi connectivity index (χ1n) is 5.66. The SMILES string of the molecule is O=C(O)c1cccc(Cl)c1-c1ccc(OC(F)(F)F)cc1. The Bertz CT molecular complexity index is 666. The Hall–Kier alpha value is -2.21. The number of carboxylic acid groups (broad SMARTS) is 1. The van der Waals surface area contributed by atoms with Gasteiger partial charge in [0.15, 0.2) is 0 Å². The molecule has 0 aromatic heterocycles. The molecule has 0 spiro atoms. The number of carbonyl (C=O) groups is 1. The quantitative estimate of drug-likeness (QED) is 0.900. The normalized spacial score (nSPS) is 11.2. The van der Waals surface area contributed by atoms with Crippen molar-refractivity contribution in [3.05, 3.63) is 53.1 Å². The molecule has 0 unspecified atom stereocenters. The molecule has 0 saturated carbocycles. The smallest absolute Gasteiger partial charge is 0.478 e. The highest BCUT2D eigenvalue weighted by Crippen LogP contribution is 2.33. The number of alkyl halides is 3. The predicted molar refractivity (Wildman–Crippen MR) is 70.5 cm³/mol. The van der Waals surface area contributed by atoms with Crippen molar-refractivity contribution < 1.29 is 27.8 Å². The van der Waals surface area contributed by atoms with Crippen LogP contribution in [0.2, 0.25) is 5.02 Å². The summed E-state index contributed by atoms with van der Waals surface area (Å²) >= 11 is 5.98. The summed E-state index contributed by atoms with van der Waals surface area (Å²) in [5, 5.41) is 9.32. The molecule has 0 saturated heterocycles. The fourth-order valence-electron chi connectivity index (χ4n) is 1.82. The fraction of sp³-hybridized carbons (Fsp3) is 0.0714. The van der Waals surface area contributed by atoms with Crippen molar-refractivity contribution in [2.24, 2.45) is 0 Å². The zero-order valence-electron chi connectivity index (χ0n) is 10.3. The Kier molecular flexibility index (Phi) is 4.09. The lowest BCUT2D eigenvalue weighted by molar-refractivity contribution is -0.274. The maximum atomic E-state index is 12.1. The van der Waals surface area contributed by atoms with Crippen LogP contribution in [-0.4, -0.2) is 17.4 Å². The lowest BCUT2D eigenvalue weighted by atomic mass is 9.99. The summed E-state index contributed by atoms with van der Waals surface area (Å²) < 4.78 is 40.0. The van der Waals surface area contributed by atoms with Crippen molar-refractivity contribution in [1.29, 1.82) is 0 Å². The molecule has 7 heteroatoms. The summed E-state index contributed by atoms with van der Waals surface area (Å²) in [5.41, 5.74) is 0.588. The second kappa shape index (κ2) is 5.65. The molecule has 0 bridgehead atoms. The number of hydrogen-bond acceptors (Lipinski definition) is 2. The molecule has 0 atom stereocenters. The van der Waals surface area contributed by atoms with E-state index in [4.69, 9.17) is 16.7 Å². The van der Waals surface area contributed by atoms with Crippen molar-refractivity contribution >= 4 is 17.6 Å². The Labute approximate surface area is 122 Å². The highest BCUT2D eigenvalue weighted by Gasteiger charge is 2.31. The standard InChI is InChI=1S/C14H8ClF3O3/c15-11-3-1-2-10(13(19)20)12(11)8-4-6-9(7-5-8)21-14(16,17)18/h1-7H,(H,19,20). The average molecular weight is 317 g/mol. The highest BCUT2D eigenvalue weighted by molar-refractivity contribution is 6.34. The van der Waals surface area contributed by atoms with Crippen molar-refractivity contribution in [2.75, 3.05) is 0 Å². The van der Waals surface area contributed by atoms with E-state index in [-0.39, 0.29) is 16.1 Å². The number of rotatable bonds is 3. The molecule has 0 aliphatic carbocycles. The van der Waals surface area contributed by atoms with Crippen LogP contribution in [-0.2, 0) is 0 Å². The number of ether oxygens (including phenoxy) is 1. The van der Waals surface area contributed by atoms with Crippen LogP contribution >= 0.6 is 11.6 Å². The van der Waals surface area contributed by atoms with Gasteiger partial charge < -0.3 is 9.84 Å². The van der Waals surface area contributed by atoms with Crippen LogP contribution in [0.1, 0.15) is 10.4 Å². The molecule has 2 rings (SSSR count). The third-order valence-corrected chi connectivity index (χ3v) is 2.94. The van der Waals surface area contributed by atoms with Crippen LogP contribution in [0.4, 0.5) is 13.2 Å². The first-order valence-corrected chi connectivity index (χ1v) is 6.04. The molecule has 0 aliphatic rings. The van der Waals surface area contributed by atoms with Crippen molar-refractivity contribution in [3.63, 3.8) is 0 Å². The number of aromatic carboxylic acids is 1. The molecular formula is C14H8ClF3O3. The maximum absolute atomic E-state index is 12.1. The lowest BCUT2D eigenvalue weighted by Gasteiger charge is -2.11. The van der Waals surface area contributed by atoms with Crippen molar-refractivity contribution in [3.8, 4) is 16.9 Å². The number of carboxylic acids is 1. The van der Waals surface area contributed by atoms with Crippen LogP contribution in [0.3, 0.4) is 0 Å². The monoisotopic (exact) mass is 316 g/mol. The van der Waals surface area contributed by atoms with Gasteiger partial charge in [0.25, 0.3) is 0 Å². The average Bonchev–Trinajstić information content (AvgIpc) is 2.37. The van der Waals surface area contributed by atoms with E-state index in [9.17, 15) is 18.0 Å². The molecule has 0 heterocycles. The molecule has 2 aromatic carbocycles. The minimum Gasteiger partial charge on any atom is -0.478 e. The van der Waals surface area contributed by atoms with Gasteiger partial charge in [-0.1, -0.05) is 29.8 Å². The van der Waals surface area contributed by atoms with E-state index >= 15 is 0 Å². The third kappa shape index (κ3) is 3.66. The van der Waals surface area contributed by atoms with Gasteiger partial charge in [0.2, 0.25) is 0 Å². The summed E-state index contributed by atoms with van der Waals surface area (Å²) in [4.78, 5) is 11.2. The summed E-state index contributed by atoms with van der Waals surface area (Å²) in [6.45, 7) is 0. The van der Waals surface area contributed by atoms with Gasteiger partial charge in [0.1, 0.15) is 5.75 Å². The van der Waals surface area contributed by atoms with Crippen LogP contribution in [0.25, 0.3) is 11.1 Å². The largest absolute Gasteiger partial charge is 0.573 e. The zero-order chi connectivity index (χ0) is 15.6. The number of hydrogen-bond donors (Lipinski definition) is 1. The summed E-state index contributed by atoms with van der Waals surface area (Å²) in [7, 11) is 0. The first-order chi connectivity index (χ1) is 9.78. The maximum Gasteiger partial charge on any atom is 0.573 e. The molecule has 21 heavy (non-hydrogen) atoms. The fourth-order valence-corrected chi connectivity index (χ4v) is 2.10. The van der Waals surface area contributed by atoms with Gasteiger partial charge in [-0.05, 0) is 29.8 Å². The minimum atomic E-state index is -4.78. The van der Waals surface area contributed by atoms with Gasteiger partial charge in [0, 0.05) is 10.6 Å². The van der Waals surface area contributed by atoms with E-state index in [1.54, 1.807) is 0 Å². The van der Waals surface area contributed by atoms with Crippen LogP contribution < -0.4 is 4.74 Å². The van der Waals surface area contributed by atoms with Crippen LogP contribution in [0.5, 0.6) is 5.75 Å². The Morgan fingerprint density at radius 2 is 1.71 bits per heavy atom. The topological polar surface area (TPSA) is 46.5 Å². The molecule has 1 N–H and O–H groups in total. The van der Waals surface area contributed by atoms with Gasteiger partial charge in [0.05, 0.1) is 5.56 Å². The predicted octanol–water partition coefficient (Wildman–Crippen LogP) is 4.60. The lowest BCUT2D eigenvalue weighted by Crippen LogP contribution is -2.16. The number of halogens is 4. The van der Waals surface area contributed by atoms with Gasteiger partial charge in [-0.25, -0.2) is 4.79 Å². The molecular weight excluding hydrogens is 309 g/mol. The van der Waals surface area contributed by atoms with Crippen LogP contribution in [0, 0.1) is 0 Å². The Morgan fingerprint density at radius 3 is 2.24 bits per heavy atom. The summed E-state index contributed by atoms with van der Waals surface area (Å²) in [5.74, 6) is -1.57. The van der Waals surface area contributed by atoms with Crippen LogP contribution in [0.15, 0.2) is 42.5 Å². The summed E-state index contributed by atoms with van der Waals surface area (Å²) in [6.07, 6.45) is -4.78. The summed E-state index contributed by atoms with van der Waals surface area (Å²) in [6, 6.07) is 9.17. The van der Waals surface area contributed by atoms with E-state index in [1.807, 2.05) is 0 Å². The molecule has 3 nitrogen and oxygen atoms in total. The minimum absolute atomic E-state index is 0.0352. The van der Waals surface area contributed by atoms with E-state index in [1.165, 1.54) is 30.3 Å². The van der Waals surface area contributed by atoms with Gasteiger partial charge >= 0.3 is 12.3 Å². The van der Waals surface area contributed by atoms with Gasteiger partial charge in [-0.2, -0.15) is 0 Å². The molecule has 0 amide bonds. The molecule has 0 fully saturated rings. The molecule has 0 radical (unpaired) electrons. The molecule has 110 valence electrons. The zero-order valence-corrected chi connectivity index (χ0v) is 11.1. The Morgan fingerprint density at radius 1 is 1.10 bits per heavy atom. The van der Waals surface area contributed by atoms with Crippen molar-refractivity contribution in [1.82, 2.24) is 0 Å². The van der Waals surface area contributed by atoms with Gasteiger partial charge in [-0.15, -0.1) is 13.2 Å². The molecule has 0 aliphatic heterocycles.